The van der Waals surface area contributed by atoms with Gasteiger partial charge in [-0.2, -0.15) is 0 Å². The van der Waals surface area contributed by atoms with Crippen LogP contribution in [0.2, 0.25) is 5.02 Å². The Morgan fingerprint density at radius 1 is 1.48 bits per heavy atom. The molecular formula is C15H22ClN3O2. The molecule has 1 amide bonds. The van der Waals surface area contributed by atoms with E-state index in [1.54, 1.807) is 12.1 Å². The molecule has 0 saturated carbocycles. The lowest BCUT2D eigenvalue weighted by Gasteiger charge is -2.29. The highest BCUT2D eigenvalue weighted by Crippen LogP contribution is 2.28. The van der Waals surface area contributed by atoms with Gasteiger partial charge in [-0.25, -0.2) is 0 Å². The first-order valence-electron chi connectivity index (χ1n) is 7.11. The second kappa shape index (κ2) is 7.00. The number of benzene rings is 1. The maximum absolute atomic E-state index is 12.3. The van der Waals surface area contributed by atoms with Crippen molar-refractivity contribution in [3.63, 3.8) is 0 Å². The number of carbonyl (C=O) groups is 1. The van der Waals surface area contributed by atoms with Crippen LogP contribution in [0.5, 0.6) is 5.75 Å². The number of methoxy groups -OCH3 is 1. The summed E-state index contributed by atoms with van der Waals surface area (Å²) in [5.74, 6) is 0.797. The van der Waals surface area contributed by atoms with E-state index in [2.05, 4.69) is 17.3 Å². The van der Waals surface area contributed by atoms with Crippen molar-refractivity contribution in [1.82, 2.24) is 10.2 Å². The molecule has 5 nitrogen and oxygen atoms in total. The highest BCUT2D eigenvalue weighted by atomic mass is 35.5. The molecule has 6 heteroatoms. The van der Waals surface area contributed by atoms with E-state index in [0.717, 1.165) is 25.9 Å². The zero-order chi connectivity index (χ0) is 15.4. The fourth-order valence-electron chi connectivity index (χ4n) is 2.51. The number of hydrogen-bond donors (Lipinski definition) is 2. The summed E-state index contributed by atoms with van der Waals surface area (Å²) in [5, 5.41) is 3.33. The number of nitrogens with zero attached hydrogens (tertiary/aromatic N) is 1. The van der Waals surface area contributed by atoms with Crippen molar-refractivity contribution in [2.24, 2.45) is 5.92 Å². The molecule has 0 spiro atoms. The molecule has 1 aliphatic heterocycles. The van der Waals surface area contributed by atoms with E-state index in [1.165, 1.54) is 7.11 Å². The summed E-state index contributed by atoms with van der Waals surface area (Å²) >= 11 is 5.99. The lowest BCUT2D eigenvalue weighted by Crippen LogP contribution is -2.37. The predicted molar refractivity (Wildman–Crippen MR) is 85.0 cm³/mol. The third-order valence-electron chi connectivity index (χ3n) is 3.95. The Morgan fingerprint density at radius 2 is 2.14 bits per heavy atom. The van der Waals surface area contributed by atoms with Crippen molar-refractivity contribution < 1.29 is 9.53 Å². The van der Waals surface area contributed by atoms with E-state index >= 15 is 0 Å². The Balaban J connectivity index is 1.98. The van der Waals surface area contributed by atoms with Crippen LogP contribution in [-0.4, -0.2) is 44.6 Å². The van der Waals surface area contributed by atoms with Gasteiger partial charge < -0.3 is 20.7 Å². The molecule has 1 aromatic carbocycles. The molecule has 2 rings (SSSR count). The van der Waals surface area contributed by atoms with Crippen molar-refractivity contribution in [2.75, 3.05) is 39.5 Å². The van der Waals surface area contributed by atoms with Crippen LogP contribution in [0.4, 0.5) is 5.69 Å². The first kappa shape index (κ1) is 15.9. The number of nitrogens with two attached hydrogens (primary N) is 1. The largest absolute Gasteiger partial charge is 0.496 e. The van der Waals surface area contributed by atoms with E-state index in [-0.39, 0.29) is 5.91 Å². The molecular weight excluding hydrogens is 290 g/mol. The third-order valence-corrected chi connectivity index (χ3v) is 4.28. The SMILES string of the molecule is COc1cc(N)c(Cl)cc1C(=O)NCC1CCN(C)CC1. The molecule has 1 saturated heterocycles. The molecule has 1 aromatic rings. The predicted octanol–water partition coefficient (Wildman–Crippen LogP) is 2.00. The summed E-state index contributed by atoms with van der Waals surface area (Å²) in [7, 11) is 3.63. The Labute approximate surface area is 130 Å². The van der Waals surface area contributed by atoms with Gasteiger partial charge in [-0.05, 0) is 45.0 Å². The Morgan fingerprint density at radius 3 is 2.76 bits per heavy atom. The van der Waals surface area contributed by atoms with E-state index in [9.17, 15) is 4.79 Å². The quantitative estimate of drug-likeness (QED) is 0.835. The van der Waals surface area contributed by atoms with Crippen LogP contribution in [0.25, 0.3) is 0 Å². The summed E-state index contributed by atoms with van der Waals surface area (Å²) < 4.78 is 5.20. The van der Waals surface area contributed by atoms with Crippen LogP contribution in [0.1, 0.15) is 23.2 Å². The molecule has 1 heterocycles. The Hall–Kier alpha value is -1.46. The van der Waals surface area contributed by atoms with Gasteiger partial charge in [-0.15, -0.1) is 0 Å². The summed E-state index contributed by atoms with van der Waals surface area (Å²) in [6, 6.07) is 3.13. The second-order valence-electron chi connectivity index (χ2n) is 5.53. The molecule has 0 radical (unpaired) electrons. The van der Waals surface area contributed by atoms with E-state index in [0.29, 0.717) is 34.5 Å². The fraction of sp³-hybridized carbons (Fsp3) is 0.533. The van der Waals surface area contributed by atoms with Crippen molar-refractivity contribution >= 4 is 23.2 Å². The Kier molecular flexibility index (Phi) is 5.31. The first-order chi connectivity index (χ1) is 10.0. The summed E-state index contributed by atoms with van der Waals surface area (Å²) in [6.07, 6.45) is 2.22. The lowest BCUT2D eigenvalue weighted by molar-refractivity contribution is 0.0936. The highest BCUT2D eigenvalue weighted by molar-refractivity contribution is 6.33. The highest BCUT2D eigenvalue weighted by Gasteiger charge is 2.19. The van der Waals surface area contributed by atoms with Gasteiger partial charge in [0.15, 0.2) is 0 Å². The number of likely N-dealkylation sites (tertiary alicyclic amines) is 1. The molecule has 3 N–H and O–H groups in total. The average molecular weight is 312 g/mol. The van der Waals surface area contributed by atoms with Gasteiger partial charge in [0, 0.05) is 12.6 Å². The monoisotopic (exact) mass is 311 g/mol. The number of ether oxygens (including phenoxy) is 1. The molecule has 0 bridgehead atoms. The fourth-order valence-corrected chi connectivity index (χ4v) is 2.68. The van der Waals surface area contributed by atoms with Gasteiger partial charge in [0.05, 0.1) is 23.4 Å². The molecule has 1 fully saturated rings. The third kappa shape index (κ3) is 4.02. The number of carbonyl (C=O) groups excluding carboxylic acids is 1. The van der Waals surface area contributed by atoms with Crippen molar-refractivity contribution in [3.05, 3.63) is 22.7 Å². The van der Waals surface area contributed by atoms with Gasteiger partial charge in [-0.3, -0.25) is 4.79 Å². The zero-order valence-electron chi connectivity index (χ0n) is 12.5. The number of piperidine rings is 1. The number of hydrogen-bond acceptors (Lipinski definition) is 4. The lowest BCUT2D eigenvalue weighted by atomic mass is 9.97. The van der Waals surface area contributed by atoms with Crippen LogP contribution in [-0.2, 0) is 0 Å². The molecule has 1 aliphatic rings. The maximum Gasteiger partial charge on any atom is 0.255 e. The van der Waals surface area contributed by atoms with Crippen molar-refractivity contribution in [3.8, 4) is 5.75 Å². The topological polar surface area (TPSA) is 67.6 Å². The van der Waals surface area contributed by atoms with Crippen LogP contribution < -0.4 is 15.8 Å². The van der Waals surface area contributed by atoms with Crippen molar-refractivity contribution in [1.29, 1.82) is 0 Å². The summed E-state index contributed by atoms with van der Waals surface area (Å²) in [6.45, 7) is 2.84. The number of anilines is 1. The summed E-state index contributed by atoms with van der Waals surface area (Å²) in [5.41, 5.74) is 6.54. The van der Waals surface area contributed by atoms with Gasteiger partial charge in [-0.1, -0.05) is 11.6 Å². The minimum atomic E-state index is -0.173. The number of nitrogen functional groups attached to an aromatic ring is 1. The Bertz CT molecular complexity index is 514. The molecule has 0 aromatic heterocycles. The molecule has 116 valence electrons. The maximum atomic E-state index is 12.3. The number of halogens is 1. The number of nitrogens with one attached hydrogen (secondary N) is 1. The van der Waals surface area contributed by atoms with Gasteiger partial charge in [0.1, 0.15) is 5.75 Å². The van der Waals surface area contributed by atoms with Crippen molar-refractivity contribution in [2.45, 2.75) is 12.8 Å². The van der Waals surface area contributed by atoms with Gasteiger partial charge in [0.25, 0.3) is 5.91 Å². The van der Waals surface area contributed by atoms with Crippen LogP contribution in [0.3, 0.4) is 0 Å². The minimum absolute atomic E-state index is 0.173. The number of rotatable bonds is 4. The van der Waals surface area contributed by atoms with Gasteiger partial charge >= 0.3 is 0 Å². The van der Waals surface area contributed by atoms with Crippen LogP contribution in [0.15, 0.2) is 12.1 Å². The summed E-state index contributed by atoms with van der Waals surface area (Å²) in [4.78, 5) is 14.6. The second-order valence-corrected chi connectivity index (χ2v) is 5.94. The zero-order valence-corrected chi connectivity index (χ0v) is 13.2. The van der Waals surface area contributed by atoms with Gasteiger partial charge in [0.2, 0.25) is 0 Å². The van der Waals surface area contributed by atoms with E-state index < -0.39 is 0 Å². The molecule has 0 unspecified atom stereocenters. The smallest absolute Gasteiger partial charge is 0.255 e. The van der Waals surface area contributed by atoms with E-state index in [1.807, 2.05) is 0 Å². The first-order valence-corrected chi connectivity index (χ1v) is 7.48. The number of amides is 1. The normalized spacial score (nSPS) is 16.7. The molecule has 0 atom stereocenters. The van der Waals surface area contributed by atoms with E-state index in [4.69, 9.17) is 22.1 Å². The van der Waals surface area contributed by atoms with Crippen LogP contribution >= 0.6 is 11.6 Å². The average Bonchev–Trinajstić information content (AvgIpc) is 2.48. The standard InChI is InChI=1S/C15H22ClN3O2/c1-19-5-3-10(4-6-19)9-18-15(20)11-7-12(16)13(17)8-14(11)21-2/h7-8,10H,3-6,9,17H2,1-2H3,(H,18,20). The minimum Gasteiger partial charge on any atom is -0.496 e. The molecule has 0 aliphatic carbocycles. The molecule has 21 heavy (non-hydrogen) atoms. The van der Waals surface area contributed by atoms with Crippen LogP contribution in [0, 0.1) is 5.92 Å².